The number of hydrogen-bond acceptors (Lipinski definition) is 3. The van der Waals surface area contributed by atoms with Gasteiger partial charge in [-0.25, -0.2) is 4.79 Å². The zero-order chi connectivity index (χ0) is 19.4. The average Bonchev–Trinajstić information content (AvgIpc) is 2.44. The first-order valence-electron chi connectivity index (χ1n) is 7.67. The van der Waals surface area contributed by atoms with Gasteiger partial charge in [-0.05, 0) is 30.0 Å². The Morgan fingerprint density at radius 1 is 1.16 bits per heavy atom. The van der Waals surface area contributed by atoms with Crippen molar-refractivity contribution in [3.8, 4) is 5.75 Å². The van der Waals surface area contributed by atoms with Crippen molar-refractivity contribution in [2.45, 2.75) is 57.9 Å². The number of carboxylic acid groups (broad SMARTS) is 1. The van der Waals surface area contributed by atoms with Crippen LogP contribution in [-0.2, 0) is 15.0 Å². The van der Waals surface area contributed by atoms with E-state index in [-0.39, 0.29) is 5.41 Å². The maximum Gasteiger partial charge on any atom is 0.391 e. The van der Waals surface area contributed by atoms with Gasteiger partial charge in [0.1, 0.15) is 11.8 Å². The molecule has 0 saturated carbocycles. The number of aliphatic carboxylic acids is 1. The third-order valence-electron chi connectivity index (χ3n) is 3.45. The summed E-state index contributed by atoms with van der Waals surface area (Å²) in [5, 5.41) is 10.7. The summed E-state index contributed by atoms with van der Waals surface area (Å²) in [6.07, 6.45) is -7.50. The average molecular weight is 361 g/mol. The summed E-state index contributed by atoms with van der Waals surface area (Å²) >= 11 is 0. The molecule has 0 heterocycles. The predicted molar refractivity (Wildman–Crippen MR) is 85.5 cm³/mol. The first-order chi connectivity index (χ1) is 11.3. The largest absolute Gasteiger partial charge is 0.481 e. The Morgan fingerprint density at radius 2 is 1.68 bits per heavy atom. The zero-order valence-electron chi connectivity index (χ0n) is 14.5. The maximum atomic E-state index is 12.4. The first kappa shape index (κ1) is 20.8. The second-order valence-corrected chi connectivity index (χ2v) is 6.75. The van der Waals surface area contributed by atoms with E-state index in [2.05, 4.69) is 0 Å². The van der Waals surface area contributed by atoms with Crippen molar-refractivity contribution in [3.05, 3.63) is 29.8 Å². The van der Waals surface area contributed by atoms with Crippen LogP contribution in [0.2, 0.25) is 0 Å². The lowest BCUT2D eigenvalue weighted by Gasteiger charge is -2.21. The number of alkyl halides is 3. The number of carbonyl (C=O) groups is 2. The second kappa shape index (κ2) is 7.76. The van der Waals surface area contributed by atoms with Crippen molar-refractivity contribution in [1.29, 1.82) is 0 Å². The van der Waals surface area contributed by atoms with Crippen LogP contribution in [-0.4, -0.2) is 35.3 Å². The van der Waals surface area contributed by atoms with Gasteiger partial charge in [-0.1, -0.05) is 32.9 Å². The molecule has 1 aromatic carbocycles. The maximum absolute atomic E-state index is 12.4. The van der Waals surface area contributed by atoms with E-state index in [9.17, 15) is 22.8 Å². The van der Waals surface area contributed by atoms with Gasteiger partial charge in [-0.3, -0.25) is 4.79 Å². The normalized spacial score (nSPS) is 14.5. The van der Waals surface area contributed by atoms with E-state index < -0.39 is 36.6 Å². The molecule has 0 bridgehead atoms. The van der Waals surface area contributed by atoms with Crippen LogP contribution in [0.4, 0.5) is 13.2 Å². The molecular formula is C17H22F3NO4. The van der Waals surface area contributed by atoms with Crippen LogP contribution in [0.25, 0.3) is 0 Å². The molecule has 0 aliphatic carbocycles. The van der Waals surface area contributed by atoms with Gasteiger partial charge in [-0.2, -0.15) is 13.2 Å². The zero-order valence-corrected chi connectivity index (χ0v) is 14.5. The number of rotatable bonds is 6. The monoisotopic (exact) mass is 361 g/mol. The smallest absolute Gasteiger partial charge is 0.391 e. The van der Waals surface area contributed by atoms with Crippen molar-refractivity contribution in [1.82, 2.24) is 5.32 Å². The molecule has 0 aliphatic heterocycles. The molecule has 5 nitrogen and oxygen atoms in total. The van der Waals surface area contributed by atoms with E-state index in [1.165, 1.54) is 6.92 Å². The number of carbonyl (C=O) groups excluding carboxylic acids is 1. The summed E-state index contributed by atoms with van der Waals surface area (Å²) in [6, 6.07) is 4.89. The van der Waals surface area contributed by atoms with E-state index in [4.69, 9.17) is 9.84 Å². The molecule has 8 heteroatoms. The Labute approximate surface area is 144 Å². The molecule has 0 aromatic heterocycles. The van der Waals surface area contributed by atoms with E-state index >= 15 is 0 Å². The molecule has 1 aromatic rings. The van der Waals surface area contributed by atoms with Gasteiger partial charge in [-0.15, -0.1) is 0 Å². The molecule has 0 spiro atoms. The number of nitrogens with one attached hydrogen (secondary N) is 1. The Hall–Kier alpha value is -2.25. The number of halogens is 3. The second-order valence-electron chi connectivity index (χ2n) is 6.75. The lowest BCUT2D eigenvalue weighted by atomic mass is 9.87. The molecule has 25 heavy (non-hydrogen) atoms. The summed E-state index contributed by atoms with van der Waals surface area (Å²) in [6.45, 7) is 7.43. The summed E-state index contributed by atoms with van der Waals surface area (Å²) in [5.74, 6) is -2.33. The minimum absolute atomic E-state index is 0.0617. The molecule has 1 rings (SSSR count). The minimum Gasteiger partial charge on any atom is -0.481 e. The van der Waals surface area contributed by atoms with Gasteiger partial charge < -0.3 is 15.2 Å². The number of benzene rings is 1. The first-order valence-corrected chi connectivity index (χ1v) is 7.67. The number of carboxylic acids is 1. The fourth-order valence-corrected chi connectivity index (χ4v) is 2.01. The van der Waals surface area contributed by atoms with Crippen LogP contribution in [0.15, 0.2) is 24.3 Å². The number of ether oxygens (including phenoxy) is 1. The fraction of sp³-hybridized carbons (Fsp3) is 0.529. The van der Waals surface area contributed by atoms with Crippen LogP contribution in [0.5, 0.6) is 5.75 Å². The molecule has 0 fully saturated rings. The molecule has 140 valence electrons. The molecule has 2 N–H and O–H groups in total. The minimum atomic E-state index is -4.71. The highest BCUT2D eigenvalue weighted by atomic mass is 19.4. The summed E-state index contributed by atoms with van der Waals surface area (Å²) in [4.78, 5) is 22.8. The highest BCUT2D eigenvalue weighted by Crippen LogP contribution is 2.25. The van der Waals surface area contributed by atoms with Gasteiger partial charge in [0.15, 0.2) is 6.10 Å². The van der Waals surface area contributed by atoms with E-state index in [0.717, 1.165) is 5.56 Å². The third-order valence-corrected chi connectivity index (χ3v) is 3.45. The van der Waals surface area contributed by atoms with E-state index in [1.807, 2.05) is 38.2 Å². The lowest BCUT2D eigenvalue weighted by Crippen LogP contribution is -2.48. The standard InChI is InChI=1S/C17H22F3NO4/c1-10(14(22)21-13(15(23)24)9-17(18,19)20)25-12-7-5-11(6-8-12)16(2,3)4/h5-8,10,13H,9H2,1-4H3,(H,21,22)(H,23,24). The lowest BCUT2D eigenvalue weighted by molar-refractivity contribution is -0.160. The topological polar surface area (TPSA) is 75.6 Å². The van der Waals surface area contributed by atoms with E-state index in [1.54, 1.807) is 12.1 Å². The van der Waals surface area contributed by atoms with Gasteiger partial charge in [0.05, 0.1) is 6.42 Å². The Bertz CT molecular complexity index is 606. The molecule has 0 radical (unpaired) electrons. The Morgan fingerprint density at radius 3 is 2.08 bits per heavy atom. The molecule has 2 unspecified atom stereocenters. The molecular weight excluding hydrogens is 339 g/mol. The van der Waals surface area contributed by atoms with Crippen LogP contribution >= 0.6 is 0 Å². The molecule has 1 amide bonds. The molecule has 2 atom stereocenters. The van der Waals surface area contributed by atoms with Crippen molar-refractivity contribution < 1.29 is 32.6 Å². The molecule has 0 saturated heterocycles. The predicted octanol–water partition coefficient (Wildman–Crippen LogP) is 3.27. The quantitative estimate of drug-likeness (QED) is 0.815. The van der Waals surface area contributed by atoms with Crippen LogP contribution in [0.1, 0.15) is 39.7 Å². The Kier molecular flexibility index (Phi) is 6.45. The van der Waals surface area contributed by atoms with Crippen molar-refractivity contribution in [3.63, 3.8) is 0 Å². The van der Waals surface area contributed by atoms with Crippen LogP contribution in [0, 0.1) is 0 Å². The third kappa shape index (κ3) is 7.03. The van der Waals surface area contributed by atoms with Crippen molar-refractivity contribution in [2.75, 3.05) is 0 Å². The van der Waals surface area contributed by atoms with Gasteiger partial charge in [0.25, 0.3) is 5.91 Å². The van der Waals surface area contributed by atoms with Gasteiger partial charge >= 0.3 is 12.1 Å². The number of hydrogen-bond donors (Lipinski definition) is 2. The van der Waals surface area contributed by atoms with Crippen molar-refractivity contribution >= 4 is 11.9 Å². The highest BCUT2D eigenvalue weighted by molar-refractivity contribution is 5.86. The fourth-order valence-electron chi connectivity index (χ4n) is 2.01. The summed E-state index contributed by atoms with van der Waals surface area (Å²) < 4.78 is 42.4. The van der Waals surface area contributed by atoms with E-state index in [0.29, 0.717) is 5.75 Å². The van der Waals surface area contributed by atoms with Gasteiger partial charge in [0, 0.05) is 0 Å². The SMILES string of the molecule is CC(Oc1ccc(C(C)(C)C)cc1)C(=O)NC(CC(F)(F)F)C(=O)O. The van der Waals surface area contributed by atoms with Crippen molar-refractivity contribution in [2.24, 2.45) is 0 Å². The van der Waals surface area contributed by atoms with Crippen LogP contribution < -0.4 is 10.1 Å². The summed E-state index contributed by atoms with van der Waals surface area (Å²) in [7, 11) is 0. The summed E-state index contributed by atoms with van der Waals surface area (Å²) in [5.41, 5.74) is 0.987. The van der Waals surface area contributed by atoms with Gasteiger partial charge in [0.2, 0.25) is 0 Å². The highest BCUT2D eigenvalue weighted by Gasteiger charge is 2.37. The number of amides is 1. The van der Waals surface area contributed by atoms with Crippen LogP contribution in [0.3, 0.4) is 0 Å². The Balaban J connectivity index is 2.71. The molecule has 0 aliphatic rings.